The molecule has 2 fully saturated rings. The van der Waals surface area contributed by atoms with Crippen molar-refractivity contribution in [1.82, 2.24) is 25.1 Å². The zero-order valence-electron chi connectivity index (χ0n) is 23.8. The van der Waals surface area contributed by atoms with Gasteiger partial charge < -0.3 is 25.2 Å². The lowest BCUT2D eigenvalue weighted by Gasteiger charge is -2.40. The van der Waals surface area contributed by atoms with E-state index in [1.807, 2.05) is 9.80 Å². The molecule has 1 aromatic heterocycles. The van der Waals surface area contributed by atoms with E-state index >= 15 is 0 Å². The molecular formula is C29H52N6O3. The summed E-state index contributed by atoms with van der Waals surface area (Å²) in [6.07, 6.45) is 5.62. The van der Waals surface area contributed by atoms with E-state index in [1.54, 1.807) is 6.20 Å². The van der Waals surface area contributed by atoms with Crippen molar-refractivity contribution in [3.8, 4) is 0 Å². The number of hydrogen-bond acceptors (Lipinski definition) is 7. The van der Waals surface area contributed by atoms with E-state index in [9.17, 15) is 9.59 Å². The molecule has 0 radical (unpaired) electrons. The molecule has 0 unspecified atom stereocenters. The number of aromatic nitrogens is 2. The smallest absolute Gasteiger partial charge is 0.259 e. The van der Waals surface area contributed by atoms with Crippen molar-refractivity contribution in [1.29, 1.82) is 0 Å². The SMILES string of the molecule is C.CCCCCNc1nc(C(C)(C)C)ncc1C(=O)N(CC(C)C)[C@@H]1CNC[C@H](C(=O)N2CCOCC2)C1. The molecule has 38 heavy (non-hydrogen) atoms. The summed E-state index contributed by atoms with van der Waals surface area (Å²) in [6.45, 7) is 17.8. The Morgan fingerprint density at radius 2 is 1.92 bits per heavy atom. The lowest BCUT2D eigenvalue weighted by atomic mass is 9.92. The van der Waals surface area contributed by atoms with Crippen LogP contribution in [0.15, 0.2) is 6.20 Å². The molecule has 9 nitrogen and oxygen atoms in total. The molecule has 2 amide bonds. The van der Waals surface area contributed by atoms with Crippen molar-refractivity contribution in [2.24, 2.45) is 11.8 Å². The Morgan fingerprint density at radius 1 is 1.21 bits per heavy atom. The van der Waals surface area contributed by atoms with Gasteiger partial charge in [-0.05, 0) is 18.8 Å². The normalized spacial score (nSPS) is 20.1. The van der Waals surface area contributed by atoms with Gasteiger partial charge in [-0.15, -0.1) is 0 Å². The Balaban J connectivity index is 0.00000507. The van der Waals surface area contributed by atoms with Crippen LogP contribution in [0.3, 0.4) is 0 Å². The molecule has 2 saturated heterocycles. The summed E-state index contributed by atoms with van der Waals surface area (Å²) in [5, 5.41) is 6.87. The van der Waals surface area contributed by atoms with E-state index < -0.39 is 0 Å². The molecule has 9 heteroatoms. The third-order valence-corrected chi connectivity index (χ3v) is 7.03. The summed E-state index contributed by atoms with van der Waals surface area (Å²) in [6, 6.07) is -0.0751. The highest BCUT2D eigenvalue weighted by atomic mass is 16.5. The van der Waals surface area contributed by atoms with Gasteiger partial charge in [0, 0.05) is 56.9 Å². The molecule has 216 valence electrons. The van der Waals surface area contributed by atoms with Gasteiger partial charge >= 0.3 is 0 Å². The first-order chi connectivity index (χ1) is 17.6. The first-order valence-electron chi connectivity index (χ1n) is 14.1. The van der Waals surface area contributed by atoms with Crippen LogP contribution in [0.1, 0.15) is 90.8 Å². The number of rotatable bonds is 10. The minimum atomic E-state index is -0.223. The Kier molecular flexibility index (Phi) is 12.4. The van der Waals surface area contributed by atoms with Crippen LogP contribution in [0.25, 0.3) is 0 Å². The van der Waals surface area contributed by atoms with Gasteiger partial charge in [0.2, 0.25) is 5.91 Å². The third kappa shape index (κ3) is 8.63. The average molecular weight is 533 g/mol. The predicted octanol–water partition coefficient (Wildman–Crippen LogP) is 3.95. The van der Waals surface area contributed by atoms with Crippen LogP contribution in [0, 0.1) is 11.8 Å². The second kappa shape index (κ2) is 14.8. The van der Waals surface area contributed by atoms with Gasteiger partial charge in [0.05, 0.1) is 19.1 Å². The maximum atomic E-state index is 14.1. The number of ether oxygens (including phenoxy) is 1. The number of anilines is 1. The van der Waals surface area contributed by atoms with Gasteiger partial charge in [-0.25, -0.2) is 9.97 Å². The largest absolute Gasteiger partial charge is 0.378 e. The Morgan fingerprint density at radius 3 is 2.55 bits per heavy atom. The van der Waals surface area contributed by atoms with Crippen LogP contribution >= 0.6 is 0 Å². The highest BCUT2D eigenvalue weighted by Crippen LogP contribution is 2.26. The zero-order valence-corrected chi connectivity index (χ0v) is 23.8. The zero-order chi connectivity index (χ0) is 27.0. The summed E-state index contributed by atoms with van der Waals surface area (Å²) in [5.74, 6) is 1.56. The maximum Gasteiger partial charge on any atom is 0.259 e. The van der Waals surface area contributed by atoms with E-state index in [0.29, 0.717) is 69.6 Å². The molecule has 1 aromatic rings. The van der Waals surface area contributed by atoms with E-state index in [2.05, 4.69) is 57.2 Å². The number of morpholine rings is 1. The standard InChI is InChI=1S/C28H48N6O3.CH4/c1-7-8-9-10-30-24-23(18-31-27(32-24)28(4,5)6)26(36)34(19-20(2)3)22-15-21(16-29-17-22)25(35)33-11-13-37-14-12-33;/h18,20-22,29H,7-17,19H2,1-6H3,(H,30,31,32);1H4/t21-,22+;/m1./s1. The van der Waals surface area contributed by atoms with Crippen molar-refractivity contribution >= 4 is 17.6 Å². The summed E-state index contributed by atoms with van der Waals surface area (Å²) < 4.78 is 5.42. The monoisotopic (exact) mass is 532 g/mol. The lowest BCUT2D eigenvalue weighted by molar-refractivity contribution is -0.140. The highest BCUT2D eigenvalue weighted by Gasteiger charge is 2.36. The quantitative estimate of drug-likeness (QED) is 0.440. The number of piperidine rings is 1. The molecular weight excluding hydrogens is 480 g/mol. The fourth-order valence-corrected chi connectivity index (χ4v) is 4.95. The van der Waals surface area contributed by atoms with Crippen molar-refractivity contribution in [3.05, 3.63) is 17.6 Å². The fourth-order valence-electron chi connectivity index (χ4n) is 4.95. The number of carbonyl (C=O) groups excluding carboxylic acids is 2. The summed E-state index contributed by atoms with van der Waals surface area (Å²) in [7, 11) is 0. The number of hydrogen-bond donors (Lipinski definition) is 2. The molecule has 0 bridgehead atoms. The molecule has 2 N–H and O–H groups in total. The number of unbranched alkanes of at least 4 members (excludes halogenated alkanes) is 2. The van der Waals surface area contributed by atoms with E-state index in [0.717, 1.165) is 25.8 Å². The van der Waals surface area contributed by atoms with Crippen LogP contribution in [0.4, 0.5) is 5.82 Å². The van der Waals surface area contributed by atoms with E-state index in [4.69, 9.17) is 9.72 Å². The third-order valence-electron chi connectivity index (χ3n) is 7.03. The van der Waals surface area contributed by atoms with Gasteiger partial charge in [0.15, 0.2) is 0 Å². The van der Waals surface area contributed by atoms with Gasteiger partial charge in [-0.3, -0.25) is 9.59 Å². The highest BCUT2D eigenvalue weighted by molar-refractivity contribution is 5.98. The van der Waals surface area contributed by atoms with Crippen LogP contribution in [-0.2, 0) is 14.9 Å². The van der Waals surface area contributed by atoms with Crippen molar-refractivity contribution in [3.63, 3.8) is 0 Å². The Hall–Kier alpha value is -2.26. The molecule has 2 aliphatic rings. The van der Waals surface area contributed by atoms with Gasteiger partial charge in [0.25, 0.3) is 5.91 Å². The van der Waals surface area contributed by atoms with Crippen LogP contribution in [0.5, 0.6) is 0 Å². The number of nitrogens with one attached hydrogen (secondary N) is 2. The molecule has 0 aliphatic carbocycles. The van der Waals surface area contributed by atoms with Gasteiger partial charge in [0.1, 0.15) is 17.2 Å². The first-order valence-corrected chi connectivity index (χ1v) is 14.1. The molecule has 3 heterocycles. The Labute approximate surface area is 230 Å². The summed E-state index contributed by atoms with van der Waals surface area (Å²) in [5.41, 5.74) is 0.283. The minimum Gasteiger partial charge on any atom is -0.378 e. The maximum absolute atomic E-state index is 14.1. The molecule has 0 saturated carbocycles. The van der Waals surface area contributed by atoms with Crippen molar-refractivity contribution in [2.45, 2.75) is 86.1 Å². The molecule has 3 rings (SSSR count). The summed E-state index contributed by atoms with van der Waals surface area (Å²) in [4.78, 5) is 40.6. The second-order valence-electron chi connectivity index (χ2n) is 11.9. The van der Waals surface area contributed by atoms with Crippen LogP contribution in [-0.4, -0.2) is 90.1 Å². The summed E-state index contributed by atoms with van der Waals surface area (Å²) >= 11 is 0. The average Bonchev–Trinajstić information content (AvgIpc) is 2.89. The van der Waals surface area contributed by atoms with Crippen molar-refractivity contribution in [2.75, 3.05) is 57.8 Å². The predicted molar refractivity (Wildman–Crippen MR) is 154 cm³/mol. The van der Waals surface area contributed by atoms with E-state index in [-0.39, 0.29) is 42.5 Å². The Bertz CT molecular complexity index is 895. The van der Waals surface area contributed by atoms with Gasteiger partial charge in [-0.2, -0.15) is 0 Å². The number of amides is 2. The van der Waals surface area contributed by atoms with Crippen LogP contribution < -0.4 is 10.6 Å². The first kappa shape index (κ1) is 32.0. The van der Waals surface area contributed by atoms with E-state index in [1.165, 1.54) is 0 Å². The molecule has 0 aromatic carbocycles. The fraction of sp³-hybridized carbons (Fsp3) is 0.793. The molecule has 2 atom stereocenters. The number of nitrogens with zero attached hydrogens (tertiary/aromatic N) is 4. The van der Waals surface area contributed by atoms with Crippen LogP contribution in [0.2, 0.25) is 0 Å². The number of carbonyl (C=O) groups is 2. The lowest BCUT2D eigenvalue weighted by Crippen LogP contribution is -2.56. The minimum absolute atomic E-state index is 0. The van der Waals surface area contributed by atoms with Gasteiger partial charge in [-0.1, -0.05) is 61.8 Å². The topological polar surface area (TPSA) is 99.7 Å². The van der Waals surface area contributed by atoms with Crippen molar-refractivity contribution < 1.29 is 14.3 Å². The molecule has 0 spiro atoms. The second-order valence-corrected chi connectivity index (χ2v) is 11.9. The molecule has 2 aliphatic heterocycles.